The van der Waals surface area contributed by atoms with E-state index in [0.717, 1.165) is 24.6 Å². The number of halogens is 2. The van der Waals surface area contributed by atoms with Crippen molar-refractivity contribution in [3.63, 3.8) is 0 Å². The molecule has 0 heterocycles. The number of benzene rings is 1. The average molecular weight is 229 g/mol. The van der Waals surface area contributed by atoms with Crippen LogP contribution in [0.3, 0.4) is 0 Å². The van der Waals surface area contributed by atoms with Crippen molar-refractivity contribution in [1.82, 2.24) is 0 Å². The summed E-state index contributed by atoms with van der Waals surface area (Å²) in [7, 11) is 0. The lowest BCUT2D eigenvalue weighted by atomic mass is 10.0. The molecule has 1 fully saturated rings. The summed E-state index contributed by atoms with van der Waals surface area (Å²) < 4.78 is 26.8. The van der Waals surface area contributed by atoms with Gasteiger partial charge in [-0.3, -0.25) is 0 Å². The fraction of sp³-hybridized carbons (Fsp3) is 0.455. The molecule has 1 aliphatic carbocycles. The highest BCUT2D eigenvalue weighted by atomic mass is 32.2. The minimum Gasteiger partial charge on any atom is -0.325 e. The Bertz CT molecular complexity index is 365. The maximum Gasteiger partial charge on any atom is 0.139 e. The number of hydrogen-bond acceptors (Lipinski definition) is 2. The summed E-state index contributed by atoms with van der Waals surface area (Å²) >= 11 is 1.08. The second-order valence-corrected chi connectivity index (χ2v) is 4.95. The molecule has 0 atom stereocenters. The largest absolute Gasteiger partial charge is 0.325 e. The maximum absolute atomic E-state index is 13.4. The van der Waals surface area contributed by atoms with E-state index in [0.29, 0.717) is 12.0 Å². The van der Waals surface area contributed by atoms with Crippen LogP contribution in [0.4, 0.5) is 8.78 Å². The average Bonchev–Trinajstić information content (AvgIpc) is 2.82. The third-order valence-corrected chi connectivity index (χ3v) is 3.51. The van der Waals surface area contributed by atoms with Crippen LogP contribution in [0, 0.1) is 11.6 Å². The maximum atomic E-state index is 13.4. The zero-order valence-electron chi connectivity index (χ0n) is 8.52. The molecule has 1 aliphatic rings. The molecule has 0 amide bonds. The number of nitrogens with two attached hydrogens (primary N) is 1. The third kappa shape index (κ3) is 2.32. The molecule has 0 aromatic heterocycles. The zero-order valence-corrected chi connectivity index (χ0v) is 9.33. The minimum absolute atomic E-state index is 0.0839. The second-order valence-electron chi connectivity index (χ2n) is 4.13. The van der Waals surface area contributed by atoms with Crippen molar-refractivity contribution in [1.29, 1.82) is 0 Å². The minimum atomic E-state index is -0.484. The summed E-state index contributed by atoms with van der Waals surface area (Å²) in [4.78, 5) is 0.0839. The van der Waals surface area contributed by atoms with E-state index in [1.165, 1.54) is 12.1 Å². The molecule has 0 spiro atoms. The summed E-state index contributed by atoms with van der Waals surface area (Å²) in [5, 5.41) is 0. The highest BCUT2D eigenvalue weighted by Gasteiger charge is 2.38. The first kappa shape index (κ1) is 10.9. The molecule has 0 saturated heterocycles. The van der Waals surface area contributed by atoms with Crippen molar-refractivity contribution in [3.05, 3.63) is 29.3 Å². The molecule has 0 unspecified atom stereocenters. The van der Waals surface area contributed by atoms with Crippen molar-refractivity contribution in [2.75, 3.05) is 6.26 Å². The Morgan fingerprint density at radius 1 is 1.33 bits per heavy atom. The van der Waals surface area contributed by atoms with Gasteiger partial charge in [-0.2, -0.15) is 0 Å². The summed E-state index contributed by atoms with van der Waals surface area (Å²) in [5.41, 5.74) is 6.35. The van der Waals surface area contributed by atoms with Crippen LogP contribution in [0.1, 0.15) is 18.4 Å². The van der Waals surface area contributed by atoms with Gasteiger partial charge in [0.15, 0.2) is 0 Å². The van der Waals surface area contributed by atoms with Gasteiger partial charge in [-0.25, -0.2) is 8.78 Å². The van der Waals surface area contributed by atoms with Gasteiger partial charge in [0.05, 0.1) is 4.90 Å². The molecule has 2 N–H and O–H groups in total. The monoisotopic (exact) mass is 229 g/mol. The Morgan fingerprint density at radius 2 is 1.87 bits per heavy atom. The first-order valence-corrected chi connectivity index (χ1v) is 6.07. The summed E-state index contributed by atoms with van der Waals surface area (Å²) in [6.45, 7) is 0. The van der Waals surface area contributed by atoms with E-state index in [1.54, 1.807) is 6.26 Å². The van der Waals surface area contributed by atoms with E-state index in [1.807, 2.05) is 0 Å². The second kappa shape index (κ2) is 3.76. The van der Waals surface area contributed by atoms with Crippen LogP contribution >= 0.6 is 11.8 Å². The van der Waals surface area contributed by atoms with Crippen molar-refractivity contribution in [2.45, 2.75) is 29.7 Å². The van der Waals surface area contributed by atoms with Crippen molar-refractivity contribution >= 4 is 11.8 Å². The number of thioether (sulfide) groups is 1. The van der Waals surface area contributed by atoms with Gasteiger partial charge in [-0.05, 0) is 43.2 Å². The van der Waals surface area contributed by atoms with Gasteiger partial charge in [0.1, 0.15) is 11.6 Å². The van der Waals surface area contributed by atoms with Crippen LogP contribution in [0.2, 0.25) is 0 Å². The van der Waals surface area contributed by atoms with E-state index in [-0.39, 0.29) is 10.4 Å². The molecule has 0 aliphatic heterocycles. The van der Waals surface area contributed by atoms with E-state index in [2.05, 4.69) is 0 Å². The van der Waals surface area contributed by atoms with E-state index >= 15 is 0 Å². The zero-order chi connectivity index (χ0) is 11.1. The van der Waals surface area contributed by atoms with Crippen molar-refractivity contribution < 1.29 is 8.78 Å². The van der Waals surface area contributed by atoms with Gasteiger partial charge in [0.2, 0.25) is 0 Å². The Labute approximate surface area is 92.0 Å². The van der Waals surface area contributed by atoms with Crippen LogP contribution in [0.25, 0.3) is 0 Å². The van der Waals surface area contributed by atoms with Gasteiger partial charge in [0.25, 0.3) is 0 Å². The highest BCUT2D eigenvalue weighted by molar-refractivity contribution is 7.98. The molecular formula is C11H13F2NS. The molecule has 1 aromatic rings. The molecular weight excluding hydrogens is 216 g/mol. The van der Waals surface area contributed by atoms with Crippen LogP contribution < -0.4 is 5.73 Å². The van der Waals surface area contributed by atoms with Crippen molar-refractivity contribution in [2.24, 2.45) is 5.73 Å². The third-order valence-electron chi connectivity index (χ3n) is 2.71. The fourth-order valence-corrected chi connectivity index (χ4v) is 2.16. The molecule has 0 radical (unpaired) electrons. The normalized spacial score (nSPS) is 17.9. The first-order chi connectivity index (χ1) is 7.04. The number of rotatable bonds is 3. The Balaban J connectivity index is 2.26. The molecule has 0 bridgehead atoms. The quantitative estimate of drug-likeness (QED) is 0.806. The Morgan fingerprint density at radius 3 is 2.27 bits per heavy atom. The Hall–Kier alpha value is -0.610. The van der Waals surface area contributed by atoms with Gasteiger partial charge in [-0.15, -0.1) is 11.8 Å². The summed E-state index contributed by atoms with van der Waals surface area (Å²) in [6.07, 6.45) is 4.11. The lowest BCUT2D eigenvalue weighted by Gasteiger charge is -2.10. The van der Waals surface area contributed by atoms with Crippen LogP contribution in [0.15, 0.2) is 17.0 Å². The van der Waals surface area contributed by atoms with Crippen molar-refractivity contribution in [3.8, 4) is 0 Å². The predicted molar refractivity (Wildman–Crippen MR) is 58.0 cm³/mol. The lowest BCUT2D eigenvalue weighted by molar-refractivity contribution is 0.534. The SMILES string of the molecule is CSc1c(F)cc(CC2(N)CC2)cc1F. The van der Waals surface area contributed by atoms with Gasteiger partial charge < -0.3 is 5.73 Å². The fourth-order valence-electron chi connectivity index (χ4n) is 1.65. The van der Waals surface area contributed by atoms with Gasteiger partial charge >= 0.3 is 0 Å². The molecule has 1 saturated carbocycles. The highest BCUT2D eigenvalue weighted by Crippen LogP contribution is 2.36. The lowest BCUT2D eigenvalue weighted by Crippen LogP contribution is -2.24. The molecule has 2 rings (SSSR count). The van der Waals surface area contributed by atoms with Crippen LogP contribution in [-0.2, 0) is 6.42 Å². The van der Waals surface area contributed by atoms with Crippen LogP contribution in [0.5, 0.6) is 0 Å². The molecule has 1 aromatic carbocycles. The smallest absolute Gasteiger partial charge is 0.139 e. The molecule has 15 heavy (non-hydrogen) atoms. The van der Waals surface area contributed by atoms with Gasteiger partial charge in [-0.1, -0.05) is 0 Å². The molecule has 4 heteroatoms. The summed E-state index contributed by atoms with van der Waals surface area (Å²) in [6, 6.07) is 2.78. The molecule has 1 nitrogen and oxygen atoms in total. The van der Waals surface area contributed by atoms with E-state index in [9.17, 15) is 8.78 Å². The first-order valence-electron chi connectivity index (χ1n) is 4.85. The van der Waals surface area contributed by atoms with Crippen LogP contribution in [-0.4, -0.2) is 11.8 Å². The topological polar surface area (TPSA) is 26.0 Å². The predicted octanol–water partition coefficient (Wildman–Crippen LogP) is 2.72. The number of hydrogen-bond donors (Lipinski definition) is 1. The Kier molecular flexibility index (Phi) is 2.73. The molecule has 82 valence electrons. The van der Waals surface area contributed by atoms with E-state index < -0.39 is 11.6 Å². The van der Waals surface area contributed by atoms with E-state index in [4.69, 9.17) is 5.73 Å². The van der Waals surface area contributed by atoms with Gasteiger partial charge in [0, 0.05) is 5.54 Å². The standard InChI is InChI=1S/C11H13F2NS/c1-15-10-8(12)4-7(5-9(10)13)6-11(14)2-3-11/h4-5H,2-3,6,14H2,1H3. The summed E-state index contributed by atoms with van der Waals surface area (Å²) in [5.74, 6) is -0.969.